The number of benzene rings is 1. The van der Waals surface area contributed by atoms with Crippen LogP contribution in [0.5, 0.6) is 17.2 Å². The first kappa shape index (κ1) is 27.5. The third kappa shape index (κ3) is 8.26. The summed E-state index contributed by atoms with van der Waals surface area (Å²) in [6, 6.07) is 6.08. The Hall–Kier alpha value is -3.07. The number of pyridine rings is 1. The summed E-state index contributed by atoms with van der Waals surface area (Å²) in [4.78, 5) is 36.4. The quantitative estimate of drug-likeness (QED) is 0.197. The zero-order chi connectivity index (χ0) is 26.1. The lowest BCUT2D eigenvalue weighted by atomic mass is 10.1. The molecule has 10 nitrogen and oxygen atoms in total. The van der Waals surface area contributed by atoms with Gasteiger partial charge in [-0.25, -0.2) is 0 Å². The second-order valence-electron chi connectivity index (χ2n) is 8.87. The van der Waals surface area contributed by atoms with Crippen LogP contribution in [0.25, 0.3) is 0 Å². The first-order chi connectivity index (χ1) is 17.2. The van der Waals surface area contributed by atoms with E-state index in [0.29, 0.717) is 28.8 Å². The predicted molar refractivity (Wildman–Crippen MR) is 135 cm³/mol. The van der Waals surface area contributed by atoms with Gasteiger partial charge >= 0.3 is 14.1 Å². The molecule has 1 aromatic heterocycles. The van der Waals surface area contributed by atoms with Gasteiger partial charge < -0.3 is 19.5 Å². The van der Waals surface area contributed by atoms with E-state index in [2.05, 4.69) is 20.3 Å². The van der Waals surface area contributed by atoms with Gasteiger partial charge in [-0.05, 0) is 64.8 Å². The summed E-state index contributed by atoms with van der Waals surface area (Å²) in [5.74, 6) is 0.486. The summed E-state index contributed by atoms with van der Waals surface area (Å²) in [6.07, 6.45) is 7.66. The molecular weight excluding hydrogens is 483 g/mol. The van der Waals surface area contributed by atoms with Gasteiger partial charge in [0.05, 0.1) is 11.8 Å². The van der Waals surface area contributed by atoms with E-state index in [1.54, 1.807) is 64.4 Å². The molecule has 1 aliphatic carbocycles. The SMILES string of the molecule is Cc1ncc(COc2ccc(O/[P+]([O-])=N/N[C@@H](C)C(=O)OC(C)C)cc2)c(C=NC2CCCC2)c1O. The molecule has 0 bridgehead atoms. The van der Waals surface area contributed by atoms with Crippen LogP contribution in [0.1, 0.15) is 63.3 Å². The van der Waals surface area contributed by atoms with Gasteiger partial charge in [0, 0.05) is 34.4 Å². The van der Waals surface area contributed by atoms with Gasteiger partial charge in [-0.1, -0.05) is 12.8 Å². The summed E-state index contributed by atoms with van der Waals surface area (Å²) >= 11 is 0. The van der Waals surface area contributed by atoms with Crippen LogP contribution in [0.15, 0.2) is 40.3 Å². The van der Waals surface area contributed by atoms with Gasteiger partial charge in [0.2, 0.25) is 0 Å². The molecule has 1 unspecified atom stereocenters. The third-order valence-corrected chi connectivity index (χ3v) is 6.18. The molecule has 1 saturated carbocycles. The molecule has 2 aromatic rings. The van der Waals surface area contributed by atoms with Crippen molar-refractivity contribution in [2.75, 3.05) is 0 Å². The Morgan fingerprint density at radius 1 is 1.25 bits per heavy atom. The number of ether oxygens (including phenoxy) is 2. The van der Waals surface area contributed by atoms with Crippen LogP contribution in [0, 0.1) is 6.92 Å². The summed E-state index contributed by atoms with van der Waals surface area (Å²) < 4.78 is 16.2. The molecule has 1 heterocycles. The van der Waals surface area contributed by atoms with Crippen LogP contribution in [-0.4, -0.2) is 40.5 Å². The summed E-state index contributed by atoms with van der Waals surface area (Å²) in [5.41, 5.74) is 4.35. The number of aromatic hydroxyl groups is 1. The maximum absolute atomic E-state index is 12.1. The van der Waals surface area contributed by atoms with Gasteiger partial charge in [-0.15, -0.1) is 0 Å². The van der Waals surface area contributed by atoms with E-state index >= 15 is 0 Å². The maximum atomic E-state index is 12.1. The third-order valence-electron chi connectivity index (χ3n) is 5.54. The van der Waals surface area contributed by atoms with Crippen LogP contribution in [0.2, 0.25) is 0 Å². The lowest BCUT2D eigenvalue weighted by Gasteiger charge is -2.12. The lowest BCUT2D eigenvalue weighted by molar-refractivity contribution is -0.169. The van der Waals surface area contributed by atoms with E-state index in [4.69, 9.17) is 14.0 Å². The molecule has 2 atom stereocenters. The van der Waals surface area contributed by atoms with Crippen molar-refractivity contribution in [3.8, 4) is 17.2 Å². The first-order valence-corrected chi connectivity index (χ1v) is 13.1. The molecule has 0 saturated heterocycles. The highest BCUT2D eigenvalue weighted by molar-refractivity contribution is 7.33. The molecule has 0 radical (unpaired) electrons. The molecule has 1 fully saturated rings. The molecule has 194 valence electrons. The van der Waals surface area contributed by atoms with Gasteiger partial charge in [0.15, 0.2) is 5.75 Å². The van der Waals surface area contributed by atoms with Crippen molar-refractivity contribution in [1.82, 2.24) is 10.4 Å². The molecule has 1 aliphatic rings. The molecule has 1 aromatic carbocycles. The van der Waals surface area contributed by atoms with Crippen LogP contribution in [0.3, 0.4) is 0 Å². The number of carbonyl (C=O) groups is 1. The molecule has 3 rings (SSSR count). The van der Waals surface area contributed by atoms with E-state index in [-0.39, 0.29) is 18.5 Å². The molecule has 0 aliphatic heterocycles. The van der Waals surface area contributed by atoms with Crippen LogP contribution < -0.4 is 19.6 Å². The van der Waals surface area contributed by atoms with Gasteiger partial charge in [-0.3, -0.25) is 19.3 Å². The van der Waals surface area contributed by atoms with Crippen molar-refractivity contribution in [3.63, 3.8) is 0 Å². The number of rotatable bonds is 11. The smallest absolute Gasteiger partial charge is 0.412 e. The first-order valence-electron chi connectivity index (χ1n) is 12.0. The largest absolute Gasteiger partial charge is 0.574 e. The minimum atomic E-state index is -2.44. The fraction of sp³-hybridized carbons (Fsp3) is 0.480. The Morgan fingerprint density at radius 3 is 2.58 bits per heavy atom. The molecule has 0 spiro atoms. The number of nitrogens with one attached hydrogen (secondary N) is 1. The summed E-state index contributed by atoms with van der Waals surface area (Å²) in [7, 11) is -2.44. The van der Waals surface area contributed by atoms with Crippen molar-refractivity contribution in [3.05, 3.63) is 47.3 Å². The zero-order valence-electron chi connectivity index (χ0n) is 21.0. The Morgan fingerprint density at radius 2 is 1.92 bits per heavy atom. The number of aromatic nitrogens is 1. The standard InChI is InChI=1S/C25H33N4O6P/c1-16(2)34-25(31)18(4)28-29-36(32)35-22-11-9-21(10-12-22)33-15-19-13-26-17(3)24(30)23(19)14-27-20-7-5-6-8-20/h9-14,16,18,20,28,30H,5-8,15H2,1-4H3/t18-/m0/s1. The molecule has 0 amide bonds. The second-order valence-corrected chi connectivity index (χ2v) is 9.73. The van der Waals surface area contributed by atoms with Gasteiger partial charge in [-0.2, -0.15) is 5.43 Å². The van der Waals surface area contributed by atoms with Crippen molar-refractivity contribution in [2.24, 2.45) is 9.85 Å². The molecular formula is C25H33N4O6P. The topological polar surface area (TPSA) is 138 Å². The van der Waals surface area contributed by atoms with Crippen molar-refractivity contribution < 1.29 is 28.8 Å². The number of nitrogens with zero attached hydrogens (tertiary/aromatic N) is 3. The van der Waals surface area contributed by atoms with Crippen LogP contribution in [-0.2, 0) is 16.1 Å². The van der Waals surface area contributed by atoms with Crippen LogP contribution >= 0.6 is 8.17 Å². The number of aryl methyl sites for hydroxylation is 1. The number of esters is 1. The Labute approximate surface area is 212 Å². The van der Waals surface area contributed by atoms with Crippen LogP contribution in [0.4, 0.5) is 0 Å². The fourth-order valence-electron chi connectivity index (χ4n) is 3.53. The molecule has 11 heteroatoms. The Kier molecular flexibility index (Phi) is 10.2. The van der Waals surface area contributed by atoms with E-state index in [9.17, 15) is 14.8 Å². The minimum absolute atomic E-state index is 0.106. The lowest BCUT2D eigenvalue weighted by Crippen LogP contribution is -2.33. The van der Waals surface area contributed by atoms with Gasteiger partial charge in [0.25, 0.3) is 0 Å². The average Bonchev–Trinajstić information content (AvgIpc) is 3.37. The second kappa shape index (κ2) is 13.3. The average molecular weight is 517 g/mol. The highest BCUT2D eigenvalue weighted by atomic mass is 31.1. The number of carbonyl (C=O) groups excluding carboxylic acids is 1. The van der Waals surface area contributed by atoms with E-state index < -0.39 is 20.2 Å². The highest BCUT2D eigenvalue weighted by Gasteiger charge is 2.17. The zero-order valence-corrected chi connectivity index (χ0v) is 21.9. The molecule has 36 heavy (non-hydrogen) atoms. The predicted octanol–water partition coefficient (Wildman–Crippen LogP) is 4.12. The van der Waals surface area contributed by atoms with Crippen molar-refractivity contribution in [2.45, 2.75) is 78.2 Å². The Bertz CT molecular complexity index is 1080. The van der Waals surface area contributed by atoms with E-state index in [0.717, 1.165) is 18.4 Å². The highest BCUT2D eigenvalue weighted by Crippen LogP contribution is 2.28. The minimum Gasteiger partial charge on any atom is -0.574 e. The molecule has 2 N–H and O–H groups in total. The van der Waals surface area contributed by atoms with Gasteiger partial charge in [0.1, 0.15) is 24.1 Å². The summed E-state index contributed by atoms with van der Waals surface area (Å²) in [6.45, 7) is 6.97. The fourth-order valence-corrected chi connectivity index (χ4v) is 4.14. The number of hydrogen-bond acceptors (Lipinski definition) is 9. The van der Waals surface area contributed by atoms with Crippen molar-refractivity contribution >= 4 is 20.4 Å². The van der Waals surface area contributed by atoms with Crippen molar-refractivity contribution in [1.29, 1.82) is 0 Å². The Balaban J connectivity index is 1.57. The normalized spacial score (nSPS) is 15.4. The number of aliphatic imine (C=N–C) groups is 1. The monoisotopic (exact) mass is 516 g/mol. The van der Waals surface area contributed by atoms with E-state index in [1.807, 2.05) is 0 Å². The summed E-state index contributed by atoms with van der Waals surface area (Å²) in [5, 5.41) is 10.5. The number of hydrogen-bond donors (Lipinski definition) is 2. The van der Waals surface area contributed by atoms with E-state index in [1.165, 1.54) is 12.8 Å². The maximum Gasteiger partial charge on any atom is 0.412 e.